The molecule has 0 saturated heterocycles. The summed E-state index contributed by atoms with van der Waals surface area (Å²) in [6.07, 6.45) is 0.751. The number of benzene rings is 1. The number of carbonyl (C=O) groups is 1. The molecule has 8 nitrogen and oxygen atoms in total. The number of carbonyl (C=O) groups excluding carboxylic acids is 1. The molecule has 4 heterocycles. The topological polar surface area (TPSA) is 87.7 Å². The summed E-state index contributed by atoms with van der Waals surface area (Å²) in [6.45, 7) is 6.75. The van der Waals surface area contributed by atoms with Crippen molar-refractivity contribution in [2.24, 2.45) is 5.92 Å². The first-order valence-electron chi connectivity index (χ1n) is 10.7. The first-order chi connectivity index (χ1) is 15.9. The van der Waals surface area contributed by atoms with Crippen LogP contribution in [0.3, 0.4) is 0 Å². The summed E-state index contributed by atoms with van der Waals surface area (Å²) in [5.74, 6) is 0.519. The Bertz CT molecular complexity index is 1420. The normalized spacial score (nSPS) is 16.0. The van der Waals surface area contributed by atoms with E-state index in [1.54, 1.807) is 4.57 Å². The summed E-state index contributed by atoms with van der Waals surface area (Å²) in [6, 6.07) is 7.77. The summed E-state index contributed by atoms with van der Waals surface area (Å²) < 4.78 is 14.4. The lowest BCUT2D eigenvalue weighted by Crippen LogP contribution is -2.28. The third kappa shape index (κ3) is 3.75. The van der Waals surface area contributed by atoms with Gasteiger partial charge in [0.25, 0.3) is 5.56 Å². The average molecular weight is 485 g/mol. The minimum atomic E-state index is -0.349. The van der Waals surface area contributed by atoms with Gasteiger partial charge in [0.05, 0.1) is 36.6 Å². The van der Waals surface area contributed by atoms with Crippen molar-refractivity contribution in [3.63, 3.8) is 0 Å². The maximum absolute atomic E-state index is 13.9. The third-order valence-electron chi connectivity index (χ3n) is 5.92. The predicted octanol–water partition coefficient (Wildman–Crippen LogP) is 3.77. The van der Waals surface area contributed by atoms with Crippen LogP contribution in [0.5, 0.6) is 0 Å². The summed E-state index contributed by atoms with van der Waals surface area (Å²) >= 11 is 2.78. The predicted molar refractivity (Wildman–Crippen MR) is 129 cm³/mol. The van der Waals surface area contributed by atoms with E-state index < -0.39 is 0 Å². The second-order valence-corrected chi connectivity index (χ2v) is 10.5. The first kappa shape index (κ1) is 22.1. The SMILES string of the molecule is COC(=O)CSc1nnc2n(-c3ccc(C)cc3)c(=O)c3c4c(sc3n12)CO[C@H](C(C)C)C4. The Balaban J connectivity index is 1.80. The second kappa shape index (κ2) is 8.58. The summed E-state index contributed by atoms with van der Waals surface area (Å²) in [5, 5.41) is 9.91. The highest BCUT2D eigenvalue weighted by Gasteiger charge is 2.30. The number of fused-ring (bicyclic) bond motifs is 5. The van der Waals surface area contributed by atoms with E-state index in [4.69, 9.17) is 9.47 Å². The van der Waals surface area contributed by atoms with E-state index in [1.807, 2.05) is 35.6 Å². The monoisotopic (exact) mass is 484 g/mol. The van der Waals surface area contributed by atoms with Gasteiger partial charge in [-0.3, -0.25) is 9.59 Å². The standard InChI is InChI=1S/C23H24N4O4S2/c1-12(2)16-9-15-17(10-31-16)33-21-19(15)20(29)26(14-7-5-13(3)6-8-14)22-24-25-23(27(21)22)32-11-18(28)30-4/h5-8,12,16H,9-11H2,1-4H3/t16-/m0/s1. The molecule has 0 unspecified atom stereocenters. The second-order valence-electron chi connectivity index (χ2n) is 8.44. The van der Waals surface area contributed by atoms with Gasteiger partial charge < -0.3 is 9.47 Å². The molecular formula is C23H24N4O4S2. The van der Waals surface area contributed by atoms with Crippen LogP contribution >= 0.6 is 23.1 Å². The van der Waals surface area contributed by atoms with Crippen LogP contribution in [-0.2, 0) is 27.3 Å². The number of hydrogen-bond acceptors (Lipinski definition) is 8. The minimum Gasteiger partial charge on any atom is -0.468 e. The smallest absolute Gasteiger partial charge is 0.316 e. The Morgan fingerprint density at radius 2 is 2.06 bits per heavy atom. The van der Waals surface area contributed by atoms with E-state index >= 15 is 0 Å². The molecular weight excluding hydrogens is 460 g/mol. The van der Waals surface area contributed by atoms with Crippen molar-refractivity contribution < 1.29 is 14.3 Å². The van der Waals surface area contributed by atoms with E-state index in [0.717, 1.165) is 26.5 Å². The van der Waals surface area contributed by atoms with Gasteiger partial charge in [0.1, 0.15) is 4.83 Å². The van der Waals surface area contributed by atoms with Gasteiger partial charge in [0.15, 0.2) is 5.16 Å². The van der Waals surface area contributed by atoms with Crippen molar-refractivity contribution in [2.75, 3.05) is 12.9 Å². The maximum Gasteiger partial charge on any atom is 0.316 e. The van der Waals surface area contributed by atoms with Gasteiger partial charge in [-0.15, -0.1) is 21.5 Å². The van der Waals surface area contributed by atoms with Crippen LogP contribution in [0.25, 0.3) is 21.7 Å². The number of hydrogen-bond donors (Lipinski definition) is 0. The number of aromatic nitrogens is 4. The summed E-state index contributed by atoms with van der Waals surface area (Å²) in [7, 11) is 1.36. The lowest BCUT2D eigenvalue weighted by Gasteiger charge is -2.26. The zero-order valence-electron chi connectivity index (χ0n) is 18.8. The lowest BCUT2D eigenvalue weighted by molar-refractivity contribution is -0.137. The molecule has 0 saturated carbocycles. The first-order valence-corrected chi connectivity index (χ1v) is 12.5. The fraction of sp³-hybridized carbons (Fsp3) is 0.391. The Kier molecular flexibility index (Phi) is 5.75. The van der Waals surface area contributed by atoms with Gasteiger partial charge in [-0.1, -0.05) is 43.3 Å². The maximum atomic E-state index is 13.9. The molecule has 5 rings (SSSR count). The van der Waals surface area contributed by atoms with E-state index in [2.05, 4.69) is 24.0 Å². The quantitative estimate of drug-likeness (QED) is 0.315. The molecule has 0 bridgehead atoms. The molecule has 4 aromatic rings. The molecule has 1 aliphatic rings. The zero-order valence-corrected chi connectivity index (χ0v) is 20.5. The number of thiophene rings is 1. The molecule has 0 spiro atoms. The Morgan fingerprint density at radius 1 is 1.30 bits per heavy atom. The molecule has 0 fully saturated rings. The van der Waals surface area contributed by atoms with Crippen LogP contribution in [0, 0.1) is 12.8 Å². The summed E-state index contributed by atoms with van der Waals surface area (Å²) in [4.78, 5) is 27.5. The Morgan fingerprint density at radius 3 is 2.76 bits per heavy atom. The number of aryl methyl sites for hydroxylation is 1. The van der Waals surface area contributed by atoms with Crippen LogP contribution in [-0.4, -0.2) is 44.1 Å². The Labute approximate surface area is 198 Å². The van der Waals surface area contributed by atoms with Crippen LogP contribution < -0.4 is 5.56 Å². The van der Waals surface area contributed by atoms with Crippen molar-refractivity contribution in [3.8, 4) is 5.69 Å². The molecule has 1 aromatic carbocycles. The fourth-order valence-corrected chi connectivity index (χ4v) is 6.13. The molecule has 0 radical (unpaired) electrons. The number of methoxy groups -OCH3 is 1. The molecule has 33 heavy (non-hydrogen) atoms. The van der Waals surface area contributed by atoms with Crippen LogP contribution in [0.15, 0.2) is 34.2 Å². The van der Waals surface area contributed by atoms with Crippen molar-refractivity contribution >= 4 is 45.1 Å². The van der Waals surface area contributed by atoms with Gasteiger partial charge in [0, 0.05) is 11.3 Å². The van der Waals surface area contributed by atoms with Crippen molar-refractivity contribution in [1.29, 1.82) is 0 Å². The number of ether oxygens (including phenoxy) is 2. The van der Waals surface area contributed by atoms with E-state index in [-0.39, 0.29) is 23.4 Å². The van der Waals surface area contributed by atoms with Gasteiger partial charge in [-0.25, -0.2) is 8.97 Å². The molecule has 0 aliphatic carbocycles. The zero-order chi connectivity index (χ0) is 23.3. The van der Waals surface area contributed by atoms with Gasteiger partial charge >= 0.3 is 5.97 Å². The van der Waals surface area contributed by atoms with Crippen LogP contribution in [0.4, 0.5) is 0 Å². The van der Waals surface area contributed by atoms with Crippen molar-refractivity contribution in [3.05, 3.63) is 50.6 Å². The summed E-state index contributed by atoms with van der Waals surface area (Å²) in [5.41, 5.74) is 2.76. The van der Waals surface area contributed by atoms with Gasteiger partial charge in [0.2, 0.25) is 5.78 Å². The van der Waals surface area contributed by atoms with Crippen LogP contribution in [0.2, 0.25) is 0 Å². The van der Waals surface area contributed by atoms with Crippen molar-refractivity contribution in [1.82, 2.24) is 19.2 Å². The van der Waals surface area contributed by atoms with E-state index in [0.29, 0.717) is 35.3 Å². The molecule has 3 aromatic heterocycles. The molecule has 1 aliphatic heterocycles. The van der Waals surface area contributed by atoms with Crippen LogP contribution in [0.1, 0.15) is 29.9 Å². The molecule has 172 valence electrons. The number of rotatable bonds is 5. The van der Waals surface area contributed by atoms with Gasteiger partial charge in [-0.05, 0) is 30.5 Å². The number of thioether (sulfide) groups is 1. The molecule has 1 atom stereocenters. The van der Waals surface area contributed by atoms with E-state index in [9.17, 15) is 9.59 Å². The molecule has 0 amide bonds. The average Bonchev–Trinajstić information content (AvgIpc) is 3.39. The number of esters is 1. The Hall–Kier alpha value is -2.69. The lowest BCUT2D eigenvalue weighted by atomic mass is 9.96. The number of nitrogens with zero attached hydrogens (tertiary/aromatic N) is 4. The third-order valence-corrected chi connectivity index (χ3v) is 8.02. The van der Waals surface area contributed by atoms with E-state index in [1.165, 1.54) is 30.2 Å². The highest BCUT2D eigenvalue weighted by Crippen LogP contribution is 2.37. The van der Waals surface area contributed by atoms with Gasteiger partial charge in [-0.2, -0.15) is 0 Å². The molecule has 10 heteroatoms. The highest BCUT2D eigenvalue weighted by atomic mass is 32.2. The molecule has 0 N–H and O–H groups in total. The largest absolute Gasteiger partial charge is 0.468 e. The highest BCUT2D eigenvalue weighted by molar-refractivity contribution is 7.99. The van der Waals surface area contributed by atoms with Crippen molar-refractivity contribution in [2.45, 2.75) is 45.1 Å². The minimum absolute atomic E-state index is 0.0623. The fourth-order valence-electron chi connectivity index (χ4n) is 4.07.